The lowest BCUT2D eigenvalue weighted by Gasteiger charge is -2.25. The molecule has 5 nitrogen and oxygen atoms in total. The first-order valence-electron chi connectivity index (χ1n) is 6.76. The van der Waals surface area contributed by atoms with Gasteiger partial charge in [0.05, 0.1) is 11.4 Å². The van der Waals surface area contributed by atoms with Crippen LogP contribution in [0.15, 0.2) is 12.1 Å². The Labute approximate surface area is 127 Å². The van der Waals surface area contributed by atoms with Crippen LogP contribution in [0.3, 0.4) is 0 Å². The van der Waals surface area contributed by atoms with Crippen molar-refractivity contribution in [3.05, 3.63) is 28.5 Å². The molecule has 0 spiro atoms. The Morgan fingerprint density at radius 3 is 2.67 bits per heavy atom. The topological polar surface area (TPSA) is 55.3 Å². The molecule has 1 aliphatic rings. The van der Waals surface area contributed by atoms with Gasteiger partial charge in [0.25, 0.3) is 5.91 Å². The lowest BCUT2D eigenvalue weighted by molar-refractivity contribution is -0.140. The van der Waals surface area contributed by atoms with E-state index in [1.807, 2.05) is 26.0 Å². The van der Waals surface area contributed by atoms with Gasteiger partial charge in [0.2, 0.25) is 0 Å². The predicted molar refractivity (Wildman–Crippen MR) is 81.7 cm³/mol. The number of ether oxygens (including phenoxy) is 1. The summed E-state index contributed by atoms with van der Waals surface area (Å²) in [7, 11) is 3.32. The van der Waals surface area contributed by atoms with Crippen molar-refractivity contribution >= 4 is 34.0 Å². The molecule has 1 aromatic carbocycles. The molecule has 2 aromatic rings. The molecule has 1 aromatic heterocycles. The molecule has 0 fully saturated rings. The van der Waals surface area contributed by atoms with Gasteiger partial charge in [0, 0.05) is 30.5 Å². The third-order valence-electron chi connectivity index (χ3n) is 4.33. The molecule has 1 aliphatic heterocycles. The standard InChI is InChI=1S/C15H16ClN3O2/c1-5-15(21-4)11-6-9-8(2)17-18-13(16)10(9)7-12(11)19(3)14(15)20/h6-7H,5H2,1-4H3. The monoisotopic (exact) mass is 305 g/mol. The second kappa shape index (κ2) is 4.64. The van der Waals surface area contributed by atoms with Gasteiger partial charge in [-0.15, -0.1) is 5.10 Å². The Morgan fingerprint density at radius 1 is 1.33 bits per heavy atom. The zero-order valence-electron chi connectivity index (χ0n) is 12.4. The Kier molecular flexibility index (Phi) is 3.15. The minimum Gasteiger partial charge on any atom is -0.364 e. The zero-order valence-corrected chi connectivity index (χ0v) is 13.2. The van der Waals surface area contributed by atoms with Crippen molar-refractivity contribution in [1.29, 1.82) is 0 Å². The van der Waals surface area contributed by atoms with Crippen molar-refractivity contribution in [2.24, 2.45) is 0 Å². The molecule has 1 amide bonds. The third kappa shape index (κ3) is 1.71. The fourth-order valence-corrected chi connectivity index (χ4v) is 3.26. The van der Waals surface area contributed by atoms with Crippen LogP contribution in [0.5, 0.6) is 0 Å². The smallest absolute Gasteiger partial charge is 0.263 e. The van der Waals surface area contributed by atoms with Crippen LogP contribution >= 0.6 is 11.6 Å². The van der Waals surface area contributed by atoms with Crippen LogP contribution in [0, 0.1) is 6.92 Å². The minimum atomic E-state index is -0.930. The molecule has 0 bridgehead atoms. The summed E-state index contributed by atoms with van der Waals surface area (Å²) in [5.74, 6) is -0.0625. The van der Waals surface area contributed by atoms with Gasteiger partial charge in [-0.2, -0.15) is 5.10 Å². The van der Waals surface area contributed by atoms with Crippen molar-refractivity contribution in [3.63, 3.8) is 0 Å². The number of benzene rings is 1. The van der Waals surface area contributed by atoms with Gasteiger partial charge in [0.1, 0.15) is 0 Å². The van der Waals surface area contributed by atoms with E-state index >= 15 is 0 Å². The first kappa shape index (κ1) is 14.2. The van der Waals surface area contributed by atoms with Crippen LogP contribution in [0.4, 0.5) is 5.69 Å². The summed E-state index contributed by atoms with van der Waals surface area (Å²) in [5, 5.41) is 10.0. The van der Waals surface area contributed by atoms with Crippen molar-refractivity contribution in [1.82, 2.24) is 10.2 Å². The number of hydrogen-bond acceptors (Lipinski definition) is 4. The van der Waals surface area contributed by atoms with Crippen LogP contribution in [-0.2, 0) is 15.1 Å². The van der Waals surface area contributed by atoms with Gasteiger partial charge in [0.15, 0.2) is 10.8 Å². The molecule has 0 radical (unpaired) electrons. The molecule has 110 valence electrons. The Bertz CT molecular complexity index is 756. The van der Waals surface area contributed by atoms with E-state index in [0.717, 1.165) is 27.7 Å². The van der Waals surface area contributed by atoms with Crippen molar-refractivity contribution in [3.8, 4) is 0 Å². The molecule has 0 aliphatic carbocycles. The molecule has 0 saturated carbocycles. The highest BCUT2D eigenvalue weighted by molar-refractivity contribution is 6.34. The normalized spacial score (nSPS) is 21.2. The number of carbonyl (C=O) groups excluding carboxylic acids is 1. The van der Waals surface area contributed by atoms with Crippen LogP contribution < -0.4 is 4.90 Å². The molecule has 0 N–H and O–H groups in total. The average molecular weight is 306 g/mol. The largest absolute Gasteiger partial charge is 0.364 e. The molecule has 6 heteroatoms. The lowest BCUT2D eigenvalue weighted by Crippen LogP contribution is -2.39. The first-order valence-corrected chi connectivity index (χ1v) is 7.14. The number of likely N-dealkylation sites (N-methyl/N-ethyl adjacent to an activating group) is 1. The third-order valence-corrected chi connectivity index (χ3v) is 4.61. The number of amides is 1. The van der Waals surface area contributed by atoms with Crippen molar-refractivity contribution < 1.29 is 9.53 Å². The van der Waals surface area contributed by atoms with Gasteiger partial charge in [-0.25, -0.2) is 0 Å². The molecule has 1 unspecified atom stereocenters. The predicted octanol–water partition coefficient (Wildman–Crippen LogP) is 2.82. The number of fused-ring (bicyclic) bond motifs is 2. The average Bonchev–Trinajstić information content (AvgIpc) is 2.71. The fourth-order valence-electron chi connectivity index (χ4n) is 3.06. The maximum absolute atomic E-state index is 12.6. The van der Waals surface area contributed by atoms with Gasteiger partial charge in [-0.1, -0.05) is 18.5 Å². The second-order valence-corrected chi connectivity index (χ2v) is 5.60. The highest BCUT2D eigenvalue weighted by Gasteiger charge is 2.49. The molecule has 3 rings (SSSR count). The quantitative estimate of drug-likeness (QED) is 0.856. The molecule has 1 atom stereocenters. The van der Waals surface area contributed by atoms with Crippen LogP contribution in [0.25, 0.3) is 10.8 Å². The number of anilines is 1. The number of rotatable bonds is 2. The van der Waals surface area contributed by atoms with E-state index in [1.54, 1.807) is 19.1 Å². The number of halogens is 1. The van der Waals surface area contributed by atoms with E-state index in [1.165, 1.54) is 0 Å². The highest BCUT2D eigenvalue weighted by Crippen LogP contribution is 2.46. The van der Waals surface area contributed by atoms with Gasteiger partial charge in [-0.3, -0.25) is 4.79 Å². The van der Waals surface area contributed by atoms with E-state index in [0.29, 0.717) is 11.6 Å². The number of hydrogen-bond donors (Lipinski definition) is 0. The summed E-state index contributed by atoms with van der Waals surface area (Å²) >= 11 is 6.15. The minimum absolute atomic E-state index is 0.0625. The summed E-state index contributed by atoms with van der Waals surface area (Å²) in [6, 6.07) is 3.85. The summed E-state index contributed by atoms with van der Waals surface area (Å²) in [6.07, 6.45) is 0.566. The van der Waals surface area contributed by atoms with Gasteiger partial charge in [-0.05, 0) is 25.5 Å². The molecule has 21 heavy (non-hydrogen) atoms. The van der Waals surface area contributed by atoms with Crippen molar-refractivity contribution in [2.75, 3.05) is 19.1 Å². The van der Waals surface area contributed by atoms with Crippen LogP contribution in [0.2, 0.25) is 5.15 Å². The van der Waals surface area contributed by atoms with Crippen molar-refractivity contribution in [2.45, 2.75) is 25.9 Å². The van der Waals surface area contributed by atoms with Crippen LogP contribution in [0.1, 0.15) is 24.6 Å². The summed E-state index contributed by atoms with van der Waals surface area (Å²) in [6.45, 7) is 3.82. The molecular weight excluding hydrogens is 290 g/mol. The SMILES string of the molecule is CCC1(OC)C(=O)N(C)c2cc3c(Cl)nnc(C)c3cc21. The van der Waals surface area contributed by atoms with E-state index in [4.69, 9.17) is 16.3 Å². The fraction of sp³-hybridized carbons (Fsp3) is 0.400. The van der Waals surface area contributed by atoms with E-state index in [2.05, 4.69) is 10.2 Å². The van der Waals surface area contributed by atoms with Gasteiger partial charge < -0.3 is 9.64 Å². The molecule has 2 heterocycles. The number of aryl methyl sites for hydroxylation is 1. The molecule has 0 saturated heterocycles. The molecular formula is C15H16ClN3O2. The van der Waals surface area contributed by atoms with Crippen LogP contribution in [-0.4, -0.2) is 30.3 Å². The number of carbonyl (C=O) groups is 1. The number of aromatic nitrogens is 2. The Balaban J connectivity index is 2.41. The first-order chi connectivity index (χ1) is 9.96. The van der Waals surface area contributed by atoms with Gasteiger partial charge >= 0.3 is 0 Å². The summed E-state index contributed by atoms with van der Waals surface area (Å²) in [5.41, 5.74) is 1.52. The summed E-state index contributed by atoms with van der Waals surface area (Å²) < 4.78 is 5.62. The second-order valence-electron chi connectivity index (χ2n) is 5.24. The van der Waals surface area contributed by atoms with E-state index < -0.39 is 5.60 Å². The van der Waals surface area contributed by atoms with E-state index in [9.17, 15) is 4.79 Å². The number of nitrogens with zero attached hydrogens (tertiary/aromatic N) is 3. The zero-order chi connectivity index (χ0) is 15.4. The maximum Gasteiger partial charge on any atom is 0.263 e. The Hall–Kier alpha value is -1.72. The summed E-state index contributed by atoms with van der Waals surface area (Å²) in [4.78, 5) is 14.3. The maximum atomic E-state index is 12.6. The number of methoxy groups -OCH3 is 1. The van der Waals surface area contributed by atoms with E-state index in [-0.39, 0.29) is 5.91 Å². The highest BCUT2D eigenvalue weighted by atomic mass is 35.5. The lowest BCUT2D eigenvalue weighted by atomic mass is 9.90. The Morgan fingerprint density at radius 2 is 2.05 bits per heavy atom.